The molecule has 4 aromatic rings. The van der Waals surface area contributed by atoms with Crippen LogP contribution in [0.4, 0.5) is 17.3 Å². The molecular formula is C28H32N6O6S. The van der Waals surface area contributed by atoms with E-state index in [0.717, 1.165) is 28.8 Å². The van der Waals surface area contributed by atoms with Gasteiger partial charge in [0.25, 0.3) is 16.0 Å². The third-order valence-corrected chi connectivity index (χ3v) is 6.38. The first-order valence-corrected chi connectivity index (χ1v) is 14.3. The Morgan fingerprint density at radius 2 is 1.93 bits per heavy atom. The highest BCUT2D eigenvalue weighted by Crippen LogP contribution is 2.40. The van der Waals surface area contributed by atoms with Crippen LogP contribution in [0.2, 0.25) is 0 Å². The number of ether oxygens (including phenoxy) is 2. The average molecular weight is 581 g/mol. The number of rotatable bonds is 12. The Kier molecular flexibility index (Phi) is 8.91. The van der Waals surface area contributed by atoms with Crippen molar-refractivity contribution >= 4 is 44.3 Å². The van der Waals surface area contributed by atoms with Gasteiger partial charge in [-0.05, 0) is 38.4 Å². The summed E-state index contributed by atoms with van der Waals surface area (Å²) in [5.41, 5.74) is 3.01. The fourth-order valence-electron chi connectivity index (χ4n) is 4.08. The van der Waals surface area contributed by atoms with Gasteiger partial charge in [-0.2, -0.15) is 13.5 Å². The Morgan fingerprint density at radius 3 is 2.61 bits per heavy atom. The maximum absolute atomic E-state index is 12.7. The normalized spacial score (nSPS) is 11.5. The summed E-state index contributed by atoms with van der Waals surface area (Å²) in [4.78, 5) is 23.7. The second kappa shape index (κ2) is 12.4. The highest BCUT2D eigenvalue weighted by molar-refractivity contribution is 7.86. The van der Waals surface area contributed by atoms with Crippen LogP contribution in [0.5, 0.6) is 11.5 Å². The van der Waals surface area contributed by atoms with E-state index >= 15 is 0 Å². The SMILES string of the molecule is C=CC(=O)N(OS(C)(=O)=O)c1cc(Nc2nccc(-c3cn(C)c4ccccc34)n2)c(OC)cc1OCCN(C)C. The number of aryl methyl sites for hydroxylation is 1. The van der Waals surface area contributed by atoms with Crippen molar-refractivity contribution < 1.29 is 27.0 Å². The van der Waals surface area contributed by atoms with Crippen LogP contribution in [0, 0.1) is 0 Å². The number of hydroxylamine groups is 1. The van der Waals surface area contributed by atoms with E-state index < -0.39 is 16.0 Å². The third-order valence-electron chi connectivity index (χ3n) is 5.96. The number of methoxy groups -OCH3 is 1. The fourth-order valence-corrected chi connectivity index (χ4v) is 4.50. The van der Waals surface area contributed by atoms with Gasteiger partial charge in [0.1, 0.15) is 23.8 Å². The van der Waals surface area contributed by atoms with E-state index in [0.29, 0.717) is 28.7 Å². The van der Waals surface area contributed by atoms with Crippen molar-refractivity contribution in [2.24, 2.45) is 7.05 Å². The van der Waals surface area contributed by atoms with Gasteiger partial charge >= 0.3 is 0 Å². The van der Waals surface area contributed by atoms with E-state index in [4.69, 9.17) is 18.7 Å². The molecule has 2 aromatic heterocycles. The van der Waals surface area contributed by atoms with Crippen LogP contribution in [0.25, 0.3) is 22.2 Å². The lowest BCUT2D eigenvalue weighted by Gasteiger charge is -2.24. The molecule has 216 valence electrons. The molecule has 1 amide bonds. The van der Waals surface area contributed by atoms with Crippen LogP contribution in [0.15, 0.2) is 67.5 Å². The van der Waals surface area contributed by atoms with Crippen molar-refractivity contribution in [1.82, 2.24) is 19.4 Å². The summed E-state index contributed by atoms with van der Waals surface area (Å²) in [5.74, 6) is -0.0959. The van der Waals surface area contributed by atoms with E-state index in [2.05, 4.69) is 16.9 Å². The maximum atomic E-state index is 12.7. The Hall–Kier alpha value is -4.46. The standard InChI is InChI=1S/C28H32N6O6S/c1-7-27(35)34(40-41(6,36)37)24-16-22(25(38-5)17-26(24)39-15-14-32(2)3)31-28-29-13-12-21(30-28)20-18-33(4)23-11-9-8-10-19(20)23/h7-13,16-18H,1,14-15H2,2-6H3,(H,29,30,31). The number of amides is 1. The molecule has 41 heavy (non-hydrogen) atoms. The zero-order chi connectivity index (χ0) is 29.7. The topological polar surface area (TPSA) is 128 Å². The number of likely N-dealkylation sites (N-methyl/N-ethyl adjacent to an activating group) is 1. The predicted octanol–water partition coefficient (Wildman–Crippen LogP) is 3.74. The minimum absolute atomic E-state index is 0.00703. The number of fused-ring (bicyclic) bond motifs is 1. The predicted molar refractivity (Wildman–Crippen MR) is 158 cm³/mol. The van der Waals surface area contributed by atoms with Crippen molar-refractivity contribution in [2.75, 3.05) is 51.0 Å². The van der Waals surface area contributed by atoms with Gasteiger partial charge in [0.05, 0.1) is 24.7 Å². The van der Waals surface area contributed by atoms with Crippen molar-refractivity contribution in [3.63, 3.8) is 0 Å². The zero-order valence-corrected chi connectivity index (χ0v) is 24.3. The van der Waals surface area contributed by atoms with Crippen LogP contribution >= 0.6 is 0 Å². The number of para-hydroxylation sites is 1. The first-order chi connectivity index (χ1) is 19.5. The lowest BCUT2D eigenvalue weighted by molar-refractivity contribution is -0.118. The van der Waals surface area contributed by atoms with Crippen molar-refractivity contribution in [3.05, 3.63) is 67.5 Å². The number of nitrogens with one attached hydrogen (secondary N) is 1. The zero-order valence-electron chi connectivity index (χ0n) is 23.5. The van der Waals surface area contributed by atoms with E-state index in [-0.39, 0.29) is 24.0 Å². The largest absolute Gasteiger partial charge is 0.494 e. The maximum Gasteiger partial charge on any atom is 0.285 e. The van der Waals surface area contributed by atoms with E-state index in [1.54, 1.807) is 6.20 Å². The number of anilines is 3. The molecule has 0 atom stereocenters. The van der Waals surface area contributed by atoms with Crippen molar-refractivity contribution in [1.29, 1.82) is 0 Å². The molecule has 0 aliphatic rings. The first kappa shape index (κ1) is 29.5. The third kappa shape index (κ3) is 7.01. The van der Waals surface area contributed by atoms with Crippen LogP contribution in [-0.4, -0.2) is 74.4 Å². The molecule has 4 rings (SSSR count). The average Bonchev–Trinajstić information content (AvgIpc) is 3.27. The van der Waals surface area contributed by atoms with Gasteiger partial charge in [-0.3, -0.25) is 4.79 Å². The Morgan fingerprint density at radius 1 is 1.17 bits per heavy atom. The van der Waals surface area contributed by atoms with E-state index in [1.165, 1.54) is 19.2 Å². The van der Waals surface area contributed by atoms with Crippen molar-refractivity contribution in [3.8, 4) is 22.8 Å². The summed E-state index contributed by atoms with van der Waals surface area (Å²) in [7, 11) is 3.09. The molecule has 0 aliphatic heterocycles. The number of benzene rings is 2. The molecule has 2 aromatic carbocycles. The molecule has 1 N–H and O–H groups in total. The summed E-state index contributed by atoms with van der Waals surface area (Å²) < 4.78 is 42.7. The van der Waals surface area contributed by atoms with Gasteiger partial charge in [0, 0.05) is 48.5 Å². The van der Waals surface area contributed by atoms with Gasteiger partial charge < -0.3 is 24.3 Å². The smallest absolute Gasteiger partial charge is 0.285 e. The van der Waals surface area contributed by atoms with Gasteiger partial charge in [0.2, 0.25) is 5.95 Å². The molecular weight excluding hydrogens is 548 g/mol. The number of hydrogen-bond acceptors (Lipinski definition) is 10. The minimum atomic E-state index is -4.10. The molecule has 0 bridgehead atoms. The van der Waals surface area contributed by atoms with Gasteiger partial charge in [-0.25, -0.2) is 9.97 Å². The molecule has 0 fully saturated rings. The van der Waals surface area contributed by atoms with Crippen LogP contribution < -0.4 is 19.9 Å². The number of aromatic nitrogens is 3. The second-order valence-corrected chi connectivity index (χ2v) is 10.9. The molecule has 0 saturated carbocycles. The van der Waals surface area contributed by atoms with E-state index in [1.807, 2.05) is 67.1 Å². The van der Waals surface area contributed by atoms with E-state index in [9.17, 15) is 13.2 Å². The molecule has 0 saturated heterocycles. The number of carbonyl (C=O) groups is 1. The molecule has 2 heterocycles. The summed E-state index contributed by atoms with van der Waals surface area (Å²) in [6.45, 7) is 4.25. The van der Waals surface area contributed by atoms with Crippen LogP contribution in [-0.2, 0) is 26.2 Å². The minimum Gasteiger partial charge on any atom is -0.494 e. The highest BCUT2D eigenvalue weighted by Gasteiger charge is 2.26. The van der Waals surface area contributed by atoms with Gasteiger partial charge in [-0.15, -0.1) is 4.28 Å². The Labute approximate surface area is 238 Å². The Bertz CT molecular complexity index is 1680. The van der Waals surface area contributed by atoms with Crippen molar-refractivity contribution in [2.45, 2.75) is 0 Å². The lowest BCUT2D eigenvalue weighted by Crippen LogP contribution is -2.32. The first-order valence-electron chi connectivity index (χ1n) is 12.5. The summed E-state index contributed by atoms with van der Waals surface area (Å²) in [6.07, 6.45) is 5.39. The molecule has 0 unspecified atom stereocenters. The second-order valence-electron chi connectivity index (χ2n) is 9.35. The quantitative estimate of drug-likeness (QED) is 0.196. The molecule has 0 radical (unpaired) electrons. The lowest BCUT2D eigenvalue weighted by atomic mass is 10.1. The number of carbonyl (C=O) groups excluding carboxylic acids is 1. The molecule has 0 spiro atoms. The molecule has 13 heteroatoms. The number of hydrogen-bond donors (Lipinski definition) is 1. The molecule has 0 aliphatic carbocycles. The summed E-state index contributed by atoms with van der Waals surface area (Å²) in [5, 5.41) is 4.76. The van der Waals surface area contributed by atoms with Crippen LogP contribution in [0.3, 0.4) is 0 Å². The summed E-state index contributed by atoms with van der Waals surface area (Å²) in [6, 6.07) is 12.8. The summed E-state index contributed by atoms with van der Waals surface area (Å²) >= 11 is 0. The highest BCUT2D eigenvalue weighted by atomic mass is 32.2. The fraction of sp³-hybridized carbons (Fsp3) is 0.250. The van der Waals surface area contributed by atoms with Gasteiger partial charge in [0.15, 0.2) is 0 Å². The monoisotopic (exact) mass is 580 g/mol. The Balaban J connectivity index is 1.78. The van der Waals surface area contributed by atoms with Crippen LogP contribution in [0.1, 0.15) is 0 Å². The molecule has 12 nitrogen and oxygen atoms in total. The van der Waals surface area contributed by atoms with Gasteiger partial charge in [-0.1, -0.05) is 24.8 Å². The number of nitrogens with zero attached hydrogens (tertiary/aromatic N) is 5.